The molecular weight excluding hydrogens is 643 g/mol. The molecule has 258 valence electrons. The van der Waals surface area contributed by atoms with Gasteiger partial charge in [0.25, 0.3) is 0 Å². The van der Waals surface area contributed by atoms with Crippen molar-refractivity contribution in [2.75, 3.05) is 24.7 Å². The molecule has 2 heterocycles. The van der Waals surface area contributed by atoms with Crippen LogP contribution in [0.5, 0.6) is 11.5 Å². The summed E-state index contributed by atoms with van der Waals surface area (Å²) in [6.45, 7) is 5.05. The molecule has 0 bridgehead atoms. The number of alkyl halides is 3. The fourth-order valence-corrected chi connectivity index (χ4v) is 6.21. The minimum absolute atomic E-state index is 0.0162. The van der Waals surface area contributed by atoms with Crippen molar-refractivity contribution < 1.29 is 56.0 Å². The summed E-state index contributed by atoms with van der Waals surface area (Å²) >= 11 is 0. The summed E-state index contributed by atoms with van der Waals surface area (Å²) < 4.78 is 71.7. The van der Waals surface area contributed by atoms with E-state index >= 15 is 0 Å². The number of hydrogen-bond acceptors (Lipinski definition) is 7. The molecule has 1 aliphatic heterocycles. The SMILES string of the molecule is CCOc1cc(CC2CCC3(CC2)CC(=O)N(c2ccc(C(=O)O)cc2)C3)cc(OCC)c1-c1ncc(F)cc1F.O=C([O-])C(F)(F)F. The number of amides is 1. The minimum Gasteiger partial charge on any atom is -0.542 e. The zero-order valence-corrected chi connectivity index (χ0v) is 26.2. The van der Waals surface area contributed by atoms with Crippen LogP contribution < -0.4 is 19.5 Å². The van der Waals surface area contributed by atoms with Crippen LogP contribution in [0.2, 0.25) is 0 Å². The summed E-state index contributed by atoms with van der Waals surface area (Å²) in [6.07, 6.45) is 0.832. The van der Waals surface area contributed by atoms with Crippen molar-refractivity contribution in [2.45, 2.75) is 58.5 Å². The quantitative estimate of drug-likeness (QED) is 0.274. The van der Waals surface area contributed by atoms with E-state index < -0.39 is 29.7 Å². The van der Waals surface area contributed by atoms with Gasteiger partial charge in [0.1, 0.15) is 29.0 Å². The maximum absolute atomic E-state index is 14.7. The number of ether oxygens (including phenoxy) is 2. The molecule has 0 radical (unpaired) electrons. The van der Waals surface area contributed by atoms with E-state index in [1.807, 2.05) is 26.0 Å². The number of hydrogen-bond donors (Lipinski definition) is 1. The molecule has 1 aliphatic carbocycles. The van der Waals surface area contributed by atoms with Crippen molar-refractivity contribution in [3.8, 4) is 22.8 Å². The zero-order chi connectivity index (χ0) is 35.2. The average molecular weight is 678 g/mol. The number of aromatic nitrogens is 1. The second-order valence-corrected chi connectivity index (χ2v) is 11.8. The van der Waals surface area contributed by atoms with Gasteiger partial charge in [0.2, 0.25) is 5.91 Å². The van der Waals surface area contributed by atoms with Crippen LogP contribution in [0.15, 0.2) is 48.7 Å². The highest BCUT2D eigenvalue weighted by atomic mass is 19.4. The molecule has 2 aromatic carbocycles. The van der Waals surface area contributed by atoms with Gasteiger partial charge in [-0.05, 0) is 99.2 Å². The molecule has 0 atom stereocenters. The Hall–Kier alpha value is -4.75. The van der Waals surface area contributed by atoms with Gasteiger partial charge in [-0.15, -0.1) is 0 Å². The molecule has 48 heavy (non-hydrogen) atoms. The molecule has 0 unspecified atom stereocenters. The Balaban J connectivity index is 0.000000671. The maximum atomic E-state index is 14.7. The van der Waals surface area contributed by atoms with Gasteiger partial charge >= 0.3 is 12.1 Å². The van der Waals surface area contributed by atoms with Gasteiger partial charge in [0.15, 0.2) is 5.82 Å². The summed E-state index contributed by atoms with van der Waals surface area (Å²) in [5, 5.41) is 18.0. The van der Waals surface area contributed by atoms with Crippen molar-refractivity contribution in [2.24, 2.45) is 11.3 Å². The smallest absolute Gasteiger partial charge is 0.430 e. The summed E-state index contributed by atoms with van der Waals surface area (Å²) in [6, 6.07) is 11.1. The molecule has 1 spiro atoms. The number of carboxylic acid groups (broad SMARTS) is 2. The fourth-order valence-electron chi connectivity index (χ4n) is 6.21. The van der Waals surface area contributed by atoms with Crippen molar-refractivity contribution in [1.82, 2.24) is 4.98 Å². The van der Waals surface area contributed by atoms with Crippen LogP contribution in [0.1, 0.15) is 61.9 Å². The van der Waals surface area contributed by atoms with Crippen LogP contribution in [0.3, 0.4) is 0 Å². The molecule has 9 nitrogen and oxygen atoms in total. The third-order valence-corrected chi connectivity index (χ3v) is 8.44. The fraction of sp³-hybridized carbons (Fsp3) is 0.412. The first-order chi connectivity index (χ1) is 22.7. The lowest BCUT2D eigenvalue weighted by molar-refractivity contribution is -0.344. The number of benzene rings is 2. The Kier molecular flexibility index (Phi) is 11.3. The number of nitrogens with zero attached hydrogens (tertiary/aromatic N) is 2. The molecule has 5 rings (SSSR count). The van der Waals surface area contributed by atoms with Gasteiger partial charge in [-0.25, -0.2) is 18.6 Å². The number of aromatic carboxylic acids is 1. The van der Waals surface area contributed by atoms with Crippen LogP contribution in [0.4, 0.5) is 27.6 Å². The third-order valence-electron chi connectivity index (χ3n) is 8.44. The number of halogens is 5. The Morgan fingerprint density at radius 2 is 1.58 bits per heavy atom. The Morgan fingerprint density at radius 1 is 1.02 bits per heavy atom. The second-order valence-electron chi connectivity index (χ2n) is 11.8. The van der Waals surface area contributed by atoms with Crippen molar-refractivity contribution in [3.63, 3.8) is 0 Å². The first kappa shape index (κ1) is 36.1. The van der Waals surface area contributed by atoms with E-state index in [4.69, 9.17) is 24.5 Å². The normalized spacial score (nSPS) is 19.1. The Labute approximate surface area is 273 Å². The van der Waals surface area contributed by atoms with Crippen molar-refractivity contribution >= 4 is 23.5 Å². The molecule has 2 fully saturated rings. The van der Waals surface area contributed by atoms with Crippen molar-refractivity contribution in [3.05, 3.63) is 71.4 Å². The summed E-state index contributed by atoms with van der Waals surface area (Å²) in [4.78, 5) is 38.7. The summed E-state index contributed by atoms with van der Waals surface area (Å²) in [7, 11) is 0. The third kappa shape index (κ3) is 8.58. The molecule has 1 saturated carbocycles. The molecule has 14 heteroatoms. The highest BCUT2D eigenvalue weighted by molar-refractivity contribution is 5.97. The Bertz CT molecular complexity index is 1610. The van der Waals surface area contributed by atoms with Crippen LogP contribution >= 0.6 is 0 Å². The topological polar surface area (TPSA) is 129 Å². The predicted octanol–water partition coefficient (Wildman–Crippen LogP) is 5.98. The van der Waals surface area contributed by atoms with Crippen molar-refractivity contribution in [1.29, 1.82) is 0 Å². The first-order valence-electron chi connectivity index (χ1n) is 15.3. The van der Waals surface area contributed by atoms with Gasteiger partial charge < -0.3 is 29.4 Å². The average Bonchev–Trinajstić information content (AvgIpc) is 3.34. The number of carboxylic acids is 2. The van der Waals surface area contributed by atoms with E-state index in [1.165, 1.54) is 12.1 Å². The highest BCUT2D eigenvalue weighted by Crippen LogP contribution is 2.48. The number of carbonyl (C=O) groups excluding carboxylic acids is 2. The maximum Gasteiger partial charge on any atom is 0.430 e. The first-order valence-corrected chi connectivity index (χ1v) is 15.3. The van der Waals surface area contributed by atoms with E-state index in [9.17, 15) is 31.5 Å². The monoisotopic (exact) mass is 677 g/mol. The number of anilines is 1. The number of pyridine rings is 1. The van der Waals surface area contributed by atoms with Gasteiger partial charge in [0.05, 0.1) is 30.5 Å². The van der Waals surface area contributed by atoms with Gasteiger partial charge in [-0.1, -0.05) is 0 Å². The van der Waals surface area contributed by atoms with E-state index in [2.05, 4.69) is 4.98 Å². The molecule has 1 saturated heterocycles. The van der Waals surface area contributed by atoms with E-state index in [1.54, 1.807) is 17.0 Å². The lowest BCUT2D eigenvalue weighted by Gasteiger charge is -2.37. The second kappa shape index (κ2) is 15.0. The zero-order valence-electron chi connectivity index (χ0n) is 26.2. The van der Waals surface area contributed by atoms with Crippen LogP contribution in [-0.4, -0.2) is 53.9 Å². The predicted molar refractivity (Wildman–Crippen MR) is 161 cm³/mol. The number of aliphatic carboxylic acids is 1. The molecule has 2 aliphatic rings. The number of rotatable bonds is 9. The lowest BCUT2D eigenvalue weighted by Crippen LogP contribution is -2.37. The van der Waals surface area contributed by atoms with E-state index in [0.29, 0.717) is 49.2 Å². The summed E-state index contributed by atoms with van der Waals surface area (Å²) in [5.74, 6) is -4.16. The van der Waals surface area contributed by atoms with E-state index in [0.717, 1.165) is 55.6 Å². The van der Waals surface area contributed by atoms with E-state index in [-0.39, 0.29) is 22.6 Å². The summed E-state index contributed by atoms with van der Waals surface area (Å²) in [5.41, 5.74) is 2.21. The van der Waals surface area contributed by atoms with Gasteiger partial charge in [-0.2, -0.15) is 13.2 Å². The van der Waals surface area contributed by atoms with Crippen LogP contribution in [-0.2, 0) is 16.0 Å². The largest absolute Gasteiger partial charge is 0.542 e. The molecule has 1 aromatic heterocycles. The lowest BCUT2D eigenvalue weighted by atomic mass is 9.69. The Morgan fingerprint density at radius 3 is 2.06 bits per heavy atom. The standard InChI is InChI=1S/C32H34F2N2O5.C2HF3O2/c1-3-40-26-14-21(15-27(41-4-2)29(26)30-25(34)16-23(33)18-35-30)13-20-9-11-32(12-10-20)17-28(37)36(19-32)24-7-5-22(6-8-24)31(38)39;3-2(4,5)1(6)7/h5-8,14-16,18,20H,3-4,9-13,17,19H2,1-2H3,(H,38,39);(H,6,7)/p-1. The van der Waals surface area contributed by atoms with Crippen LogP contribution in [0, 0.1) is 23.0 Å². The number of carbonyl (C=O) groups is 3. The molecule has 3 aromatic rings. The molecule has 1 amide bonds. The highest BCUT2D eigenvalue weighted by Gasteiger charge is 2.45. The van der Waals surface area contributed by atoms with Crippen LogP contribution in [0.25, 0.3) is 11.3 Å². The molecular formula is C34H34F5N2O7-. The van der Waals surface area contributed by atoms with Gasteiger partial charge in [0, 0.05) is 24.7 Å². The minimum atomic E-state index is -5.19. The van der Waals surface area contributed by atoms with Gasteiger partial charge in [-0.3, -0.25) is 4.79 Å². The molecule has 1 N–H and O–H groups in total.